The van der Waals surface area contributed by atoms with E-state index in [4.69, 9.17) is 4.74 Å². The Morgan fingerprint density at radius 3 is 3.13 bits per heavy atom. The van der Waals surface area contributed by atoms with E-state index in [2.05, 4.69) is 15.9 Å². The molecule has 0 aliphatic carbocycles. The van der Waals surface area contributed by atoms with Gasteiger partial charge in [0.25, 0.3) is 0 Å². The van der Waals surface area contributed by atoms with Crippen molar-refractivity contribution in [3.8, 4) is 0 Å². The average Bonchev–Trinajstić information content (AvgIpc) is 2.84. The van der Waals surface area contributed by atoms with Crippen LogP contribution in [0, 0.1) is 0 Å². The molecule has 1 atom stereocenters. The normalized spacial score (nSPS) is 20.7. The van der Waals surface area contributed by atoms with Crippen molar-refractivity contribution < 1.29 is 9.53 Å². The van der Waals surface area contributed by atoms with Gasteiger partial charge in [0.2, 0.25) is 0 Å². The molecule has 0 saturated carbocycles. The zero-order chi connectivity index (χ0) is 10.7. The largest absolute Gasteiger partial charge is 0.378 e. The van der Waals surface area contributed by atoms with Gasteiger partial charge in [-0.1, -0.05) is 0 Å². The fourth-order valence-electron chi connectivity index (χ4n) is 1.75. The number of ketones is 1. The highest BCUT2D eigenvalue weighted by molar-refractivity contribution is 9.10. The molecule has 2 nitrogen and oxygen atoms in total. The first-order valence-electron chi connectivity index (χ1n) is 5.14. The number of hydrogen-bond donors (Lipinski definition) is 0. The molecule has 1 fully saturated rings. The first-order chi connectivity index (χ1) is 7.25. The summed E-state index contributed by atoms with van der Waals surface area (Å²) < 4.78 is 6.48. The van der Waals surface area contributed by atoms with Crippen molar-refractivity contribution in [3.63, 3.8) is 0 Å². The van der Waals surface area contributed by atoms with Crippen LogP contribution in [0.4, 0.5) is 0 Å². The topological polar surface area (TPSA) is 26.3 Å². The van der Waals surface area contributed by atoms with E-state index < -0.39 is 0 Å². The van der Waals surface area contributed by atoms with Gasteiger partial charge in [0, 0.05) is 22.9 Å². The minimum Gasteiger partial charge on any atom is -0.378 e. The van der Waals surface area contributed by atoms with Gasteiger partial charge >= 0.3 is 0 Å². The molecule has 0 N–H and O–H groups in total. The third kappa shape index (κ3) is 3.13. The quantitative estimate of drug-likeness (QED) is 0.791. The van der Waals surface area contributed by atoms with Crippen LogP contribution in [0.25, 0.3) is 0 Å². The number of rotatable bonds is 4. The van der Waals surface area contributed by atoms with Crippen LogP contribution in [0.5, 0.6) is 0 Å². The van der Waals surface area contributed by atoms with Crippen LogP contribution >= 0.6 is 27.3 Å². The molecule has 15 heavy (non-hydrogen) atoms. The summed E-state index contributed by atoms with van der Waals surface area (Å²) in [6.45, 7) is 0.864. The highest BCUT2D eigenvalue weighted by Gasteiger charge is 2.17. The predicted octanol–water partition coefficient (Wildman–Crippen LogP) is 3.65. The second-order valence-electron chi connectivity index (χ2n) is 3.73. The van der Waals surface area contributed by atoms with Crippen molar-refractivity contribution in [3.05, 3.63) is 20.8 Å². The summed E-state index contributed by atoms with van der Waals surface area (Å²) in [6.07, 6.45) is 4.05. The average molecular weight is 289 g/mol. The molecule has 0 bridgehead atoms. The van der Waals surface area contributed by atoms with Gasteiger partial charge in [-0.15, -0.1) is 11.3 Å². The molecule has 0 aromatic carbocycles. The second-order valence-corrected chi connectivity index (χ2v) is 5.55. The van der Waals surface area contributed by atoms with Gasteiger partial charge in [-0.2, -0.15) is 0 Å². The number of carbonyl (C=O) groups excluding carboxylic acids is 1. The van der Waals surface area contributed by atoms with Gasteiger partial charge in [0.15, 0.2) is 5.78 Å². The lowest BCUT2D eigenvalue weighted by atomic mass is 10.1. The Labute approximate surface area is 102 Å². The van der Waals surface area contributed by atoms with E-state index in [0.29, 0.717) is 12.5 Å². The van der Waals surface area contributed by atoms with Crippen LogP contribution in [-0.4, -0.2) is 18.5 Å². The van der Waals surface area contributed by atoms with E-state index in [0.717, 1.165) is 35.2 Å². The van der Waals surface area contributed by atoms with Crippen LogP contribution in [0.2, 0.25) is 0 Å². The summed E-state index contributed by atoms with van der Waals surface area (Å²) >= 11 is 4.85. The molecule has 1 unspecified atom stereocenters. The van der Waals surface area contributed by atoms with Crippen molar-refractivity contribution in [2.45, 2.75) is 31.8 Å². The summed E-state index contributed by atoms with van der Waals surface area (Å²) in [7, 11) is 0. The third-order valence-corrected chi connectivity index (χ3v) is 4.29. The Bertz CT molecular complexity index is 342. The molecule has 0 radical (unpaired) electrons. The highest BCUT2D eigenvalue weighted by atomic mass is 79.9. The molecule has 1 aromatic heterocycles. The Hall–Kier alpha value is -0.190. The van der Waals surface area contributed by atoms with Crippen molar-refractivity contribution in [2.75, 3.05) is 6.61 Å². The lowest BCUT2D eigenvalue weighted by Gasteiger charge is -2.06. The maximum atomic E-state index is 11.7. The lowest BCUT2D eigenvalue weighted by molar-refractivity contribution is 0.0862. The molecule has 0 amide bonds. The maximum absolute atomic E-state index is 11.7. The van der Waals surface area contributed by atoms with Gasteiger partial charge < -0.3 is 4.74 Å². The minimum atomic E-state index is 0.237. The monoisotopic (exact) mass is 288 g/mol. The third-order valence-electron chi connectivity index (χ3n) is 2.56. The maximum Gasteiger partial charge on any atom is 0.172 e. The molecule has 4 heteroatoms. The van der Waals surface area contributed by atoms with Crippen molar-refractivity contribution >= 4 is 33.0 Å². The molecular formula is C11H13BrO2S. The molecule has 1 saturated heterocycles. The second kappa shape index (κ2) is 5.23. The van der Waals surface area contributed by atoms with E-state index in [1.54, 1.807) is 0 Å². The van der Waals surface area contributed by atoms with Gasteiger partial charge in [0.1, 0.15) is 0 Å². The van der Waals surface area contributed by atoms with Crippen molar-refractivity contribution in [1.29, 1.82) is 0 Å². The minimum absolute atomic E-state index is 0.237. The highest BCUT2D eigenvalue weighted by Crippen LogP contribution is 2.23. The SMILES string of the molecule is O=C(CCC1CCCO1)c1cc(Br)cs1. The number of thiophene rings is 1. The Morgan fingerprint density at radius 1 is 1.67 bits per heavy atom. The van der Waals surface area contributed by atoms with Crippen LogP contribution in [0.1, 0.15) is 35.4 Å². The summed E-state index contributed by atoms with van der Waals surface area (Å²) in [5.74, 6) is 0.237. The summed E-state index contributed by atoms with van der Waals surface area (Å²) in [4.78, 5) is 12.6. The van der Waals surface area contributed by atoms with Crippen LogP contribution in [-0.2, 0) is 4.74 Å². The molecular weight excluding hydrogens is 276 g/mol. The van der Waals surface area contributed by atoms with Crippen molar-refractivity contribution in [2.24, 2.45) is 0 Å². The van der Waals surface area contributed by atoms with Gasteiger partial charge in [0.05, 0.1) is 11.0 Å². The summed E-state index contributed by atoms with van der Waals surface area (Å²) in [5.41, 5.74) is 0. The molecule has 2 rings (SSSR count). The van der Waals surface area contributed by atoms with Crippen molar-refractivity contribution in [1.82, 2.24) is 0 Å². The van der Waals surface area contributed by atoms with Crippen LogP contribution < -0.4 is 0 Å². The van der Waals surface area contributed by atoms with E-state index in [-0.39, 0.29) is 5.78 Å². The zero-order valence-electron chi connectivity index (χ0n) is 8.37. The summed E-state index contributed by atoms with van der Waals surface area (Å²) in [6, 6.07) is 1.89. The first-order valence-corrected chi connectivity index (χ1v) is 6.82. The predicted molar refractivity (Wildman–Crippen MR) is 64.6 cm³/mol. The van der Waals surface area contributed by atoms with E-state index >= 15 is 0 Å². The Morgan fingerprint density at radius 2 is 2.53 bits per heavy atom. The number of hydrogen-bond acceptors (Lipinski definition) is 3. The van der Waals surface area contributed by atoms with Crippen LogP contribution in [0.3, 0.4) is 0 Å². The number of halogens is 1. The number of carbonyl (C=O) groups is 1. The number of Topliss-reactive ketones (excluding diaryl/α,β-unsaturated/α-hetero) is 1. The van der Waals surface area contributed by atoms with Gasteiger partial charge in [-0.25, -0.2) is 0 Å². The molecule has 1 aliphatic rings. The van der Waals surface area contributed by atoms with Gasteiger partial charge in [-0.3, -0.25) is 4.79 Å². The van der Waals surface area contributed by atoms with E-state index in [1.807, 2.05) is 11.4 Å². The molecule has 2 heterocycles. The molecule has 1 aliphatic heterocycles. The lowest BCUT2D eigenvalue weighted by Crippen LogP contribution is -2.08. The molecule has 1 aromatic rings. The summed E-state index contributed by atoms with van der Waals surface area (Å²) in [5, 5.41) is 1.94. The molecule has 0 spiro atoms. The van der Waals surface area contributed by atoms with E-state index in [1.165, 1.54) is 11.3 Å². The molecule has 82 valence electrons. The zero-order valence-corrected chi connectivity index (χ0v) is 10.8. The smallest absolute Gasteiger partial charge is 0.172 e. The Balaban J connectivity index is 1.81. The van der Waals surface area contributed by atoms with E-state index in [9.17, 15) is 4.79 Å². The first kappa shape index (κ1) is 11.3. The Kier molecular flexibility index (Phi) is 3.94. The fourth-order valence-corrected chi connectivity index (χ4v) is 3.14. The van der Waals surface area contributed by atoms with Crippen LogP contribution in [0.15, 0.2) is 15.9 Å². The standard InChI is InChI=1S/C11H13BrO2S/c12-8-6-11(15-7-8)10(13)4-3-9-2-1-5-14-9/h6-7,9H,1-5H2. The number of ether oxygens (including phenoxy) is 1. The fraction of sp³-hybridized carbons (Fsp3) is 0.545. The van der Waals surface area contributed by atoms with Gasteiger partial charge in [-0.05, 0) is 41.3 Å².